The van der Waals surface area contributed by atoms with Crippen molar-refractivity contribution in [2.75, 3.05) is 0 Å². The van der Waals surface area contributed by atoms with E-state index in [1.54, 1.807) is 0 Å². The molecule has 0 N–H and O–H groups in total. The molecule has 0 aliphatic heterocycles. The average molecular weight is 285 g/mol. The molecule has 0 aliphatic carbocycles. The van der Waals surface area contributed by atoms with Crippen molar-refractivity contribution < 1.29 is 0 Å². The third-order valence-electron chi connectivity index (χ3n) is 3.25. The van der Waals surface area contributed by atoms with Gasteiger partial charge >= 0.3 is 112 Å². The first-order valence-corrected chi connectivity index (χ1v) is 9.48. The summed E-state index contributed by atoms with van der Waals surface area (Å²) in [6.07, 6.45) is 2.66. The van der Waals surface area contributed by atoms with Gasteiger partial charge in [0.15, 0.2) is 0 Å². The van der Waals surface area contributed by atoms with Crippen LogP contribution in [0.1, 0.15) is 29.9 Å². The second-order valence-corrected chi connectivity index (χ2v) is 6.61. The molecule has 0 unspecified atom stereocenters. The molecule has 2 rings (SSSR count). The van der Waals surface area contributed by atoms with Crippen LogP contribution in [0.25, 0.3) is 0 Å². The summed E-state index contributed by atoms with van der Waals surface area (Å²) in [6, 6.07) is 21.8. The fourth-order valence-corrected chi connectivity index (χ4v) is 3.16. The Labute approximate surface area is 112 Å². The molecular weight excluding hydrogens is 265 g/mol. The van der Waals surface area contributed by atoms with E-state index in [9.17, 15) is 0 Å². The fraction of sp³-hybridized carbons (Fsp3) is 0.250. The molecular formula is C16H20Ge. The zero-order valence-electron chi connectivity index (χ0n) is 10.5. The van der Waals surface area contributed by atoms with Crippen LogP contribution in [0.5, 0.6) is 0 Å². The van der Waals surface area contributed by atoms with E-state index in [1.807, 2.05) is 0 Å². The van der Waals surface area contributed by atoms with Crippen LogP contribution in [0.2, 0.25) is 5.25 Å². The van der Waals surface area contributed by atoms with Gasteiger partial charge in [-0.25, -0.2) is 0 Å². The average Bonchev–Trinajstić information content (AvgIpc) is 2.42. The van der Waals surface area contributed by atoms with Crippen molar-refractivity contribution >= 4 is 16.5 Å². The Bertz CT molecular complexity index is 382. The standard InChI is InChI=1S/C16H20Ge/c17-13-7-12-16(14-8-3-1-4-9-14)15-10-5-2-6-11-15/h1-6,8-11,16H,7,12-13H2,17H3. The first kappa shape index (κ1) is 12.4. The van der Waals surface area contributed by atoms with Gasteiger partial charge in [-0.05, 0) is 0 Å². The Balaban J connectivity index is 2.26. The topological polar surface area (TPSA) is 0 Å². The van der Waals surface area contributed by atoms with E-state index >= 15 is 0 Å². The zero-order chi connectivity index (χ0) is 11.9. The third kappa shape index (κ3) is 3.47. The van der Waals surface area contributed by atoms with Crippen LogP contribution in [-0.4, -0.2) is 16.5 Å². The Hall–Kier alpha value is -1.02. The molecule has 17 heavy (non-hydrogen) atoms. The van der Waals surface area contributed by atoms with E-state index < -0.39 is 0 Å². The number of hydrogen-bond donors (Lipinski definition) is 0. The Morgan fingerprint density at radius 2 is 1.24 bits per heavy atom. The Morgan fingerprint density at radius 1 is 0.765 bits per heavy atom. The predicted molar refractivity (Wildman–Crippen MR) is 78.7 cm³/mol. The van der Waals surface area contributed by atoms with E-state index in [2.05, 4.69) is 60.7 Å². The summed E-state index contributed by atoms with van der Waals surface area (Å²) >= 11 is 0.991. The number of rotatable bonds is 5. The first-order valence-electron chi connectivity index (χ1n) is 6.51. The fourth-order valence-electron chi connectivity index (χ4n) is 2.30. The van der Waals surface area contributed by atoms with Crippen LogP contribution in [-0.2, 0) is 0 Å². The molecule has 0 nitrogen and oxygen atoms in total. The van der Waals surface area contributed by atoms with Crippen LogP contribution < -0.4 is 0 Å². The monoisotopic (exact) mass is 286 g/mol. The van der Waals surface area contributed by atoms with E-state index in [4.69, 9.17) is 0 Å². The molecule has 0 saturated heterocycles. The third-order valence-corrected chi connectivity index (χ3v) is 4.73. The molecule has 0 fully saturated rings. The van der Waals surface area contributed by atoms with Crippen LogP contribution in [0.15, 0.2) is 60.7 Å². The van der Waals surface area contributed by atoms with Crippen LogP contribution in [0.4, 0.5) is 0 Å². The van der Waals surface area contributed by atoms with Crippen LogP contribution in [0, 0.1) is 0 Å². The zero-order valence-corrected chi connectivity index (χ0v) is 14.7. The summed E-state index contributed by atoms with van der Waals surface area (Å²) in [5.74, 6) is 0.583. The Kier molecular flexibility index (Phi) is 4.87. The summed E-state index contributed by atoms with van der Waals surface area (Å²) in [6.45, 7) is 0. The van der Waals surface area contributed by atoms with Crippen molar-refractivity contribution in [3.63, 3.8) is 0 Å². The molecule has 1 heteroatoms. The van der Waals surface area contributed by atoms with E-state index in [-0.39, 0.29) is 0 Å². The number of hydrogen-bond acceptors (Lipinski definition) is 0. The van der Waals surface area contributed by atoms with E-state index in [1.165, 1.54) is 29.2 Å². The van der Waals surface area contributed by atoms with Gasteiger partial charge in [0.1, 0.15) is 0 Å². The van der Waals surface area contributed by atoms with Gasteiger partial charge in [0.05, 0.1) is 0 Å². The maximum atomic E-state index is 2.26. The maximum absolute atomic E-state index is 2.26. The molecule has 2 aromatic carbocycles. The van der Waals surface area contributed by atoms with Crippen molar-refractivity contribution in [2.45, 2.75) is 24.0 Å². The predicted octanol–water partition coefficient (Wildman–Crippen LogP) is 3.38. The Morgan fingerprint density at radius 3 is 1.65 bits per heavy atom. The normalized spacial score (nSPS) is 10.9. The van der Waals surface area contributed by atoms with Crippen molar-refractivity contribution in [1.29, 1.82) is 0 Å². The molecule has 0 saturated carbocycles. The van der Waals surface area contributed by atoms with Gasteiger partial charge in [-0.2, -0.15) is 0 Å². The summed E-state index contributed by atoms with van der Waals surface area (Å²) in [7, 11) is 0. The van der Waals surface area contributed by atoms with Crippen molar-refractivity contribution in [1.82, 2.24) is 0 Å². The van der Waals surface area contributed by atoms with Crippen molar-refractivity contribution in [2.24, 2.45) is 0 Å². The molecule has 0 amide bonds. The van der Waals surface area contributed by atoms with Crippen molar-refractivity contribution in [3.05, 3.63) is 71.8 Å². The van der Waals surface area contributed by atoms with Gasteiger partial charge in [0.2, 0.25) is 0 Å². The van der Waals surface area contributed by atoms with Crippen LogP contribution >= 0.6 is 0 Å². The molecule has 0 aliphatic rings. The molecule has 0 aromatic heterocycles. The van der Waals surface area contributed by atoms with Gasteiger partial charge in [-0.1, -0.05) is 0 Å². The van der Waals surface area contributed by atoms with Gasteiger partial charge in [0, 0.05) is 0 Å². The van der Waals surface area contributed by atoms with Gasteiger partial charge in [-0.15, -0.1) is 0 Å². The molecule has 0 atom stereocenters. The van der Waals surface area contributed by atoms with Gasteiger partial charge in [-0.3, -0.25) is 0 Å². The van der Waals surface area contributed by atoms with E-state index in [0.717, 1.165) is 16.5 Å². The quantitative estimate of drug-likeness (QED) is 0.739. The molecule has 88 valence electrons. The van der Waals surface area contributed by atoms with E-state index in [0.29, 0.717) is 5.92 Å². The van der Waals surface area contributed by atoms with Gasteiger partial charge in [0.25, 0.3) is 0 Å². The second kappa shape index (κ2) is 6.65. The summed E-state index contributed by atoms with van der Waals surface area (Å²) in [5.41, 5.74) is 2.92. The molecule has 0 bridgehead atoms. The minimum absolute atomic E-state index is 0.583. The second-order valence-electron chi connectivity index (χ2n) is 4.52. The van der Waals surface area contributed by atoms with Gasteiger partial charge < -0.3 is 0 Å². The molecule has 2 aromatic rings. The SMILES string of the molecule is [GeH3][CH2]CCC(c1ccccc1)c1ccccc1. The molecule has 0 spiro atoms. The number of benzene rings is 2. The summed E-state index contributed by atoms with van der Waals surface area (Å²) < 4.78 is 0. The first-order chi connectivity index (χ1) is 8.42. The minimum atomic E-state index is 0.583. The summed E-state index contributed by atoms with van der Waals surface area (Å²) in [5, 5.41) is 1.45. The van der Waals surface area contributed by atoms with Crippen molar-refractivity contribution in [3.8, 4) is 0 Å². The summed E-state index contributed by atoms with van der Waals surface area (Å²) in [4.78, 5) is 0. The van der Waals surface area contributed by atoms with Crippen LogP contribution in [0.3, 0.4) is 0 Å². The molecule has 0 radical (unpaired) electrons. The molecule has 0 heterocycles.